The summed E-state index contributed by atoms with van der Waals surface area (Å²) in [5.74, 6) is 1.52. The molecule has 15 rings (SSSR count). The van der Waals surface area contributed by atoms with E-state index >= 15 is 0 Å². The predicted molar refractivity (Wildman–Crippen MR) is 338 cm³/mol. The minimum Gasteiger partial charge on any atom is -0.310 e. The lowest BCUT2D eigenvalue weighted by atomic mass is 9.62. The molecule has 392 valence electrons. The number of benzene rings is 10. The van der Waals surface area contributed by atoms with E-state index in [1.807, 2.05) is 24.8 Å². The maximum Gasteiger partial charge on any atom is 0.142 e. The quantitative estimate of drug-likeness (QED) is 0.129. The molecule has 0 N–H and O–H groups in total. The zero-order chi connectivity index (χ0) is 55.2. The molecule has 10 aromatic carbocycles. The number of rotatable bonds is 11. The number of hydrogen-bond donors (Lipinski definition) is 0. The number of hydrogen-bond acceptors (Lipinski definition) is 6. The Morgan fingerprint density at radius 2 is 0.518 bits per heavy atom. The highest BCUT2D eigenvalue weighted by atomic mass is 15.3. The summed E-state index contributed by atoms with van der Waals surface area (Å²) in [4.78, 5) is 21.9. The normalized spacial score (nSPS) is 13.4. The SMILES string of the molecule is c1ccc(C2(c3ccccc3)c3ccccc3N(c3cc(N(c4ccc(-c5ccncc5)cc4)c4ccc(-c5ccncc5)cc4)cc(N4c5ccccc5C(c5ccccc5)(c5ccccc5)c5ccccc54)n3)c3ccccc32)cc1. The van der Waals surface area contributed by atoms with Gasteiger partial charge in [-0.25, -0.2) is 4.98 Å². The Balaban J connectivity index is 1.02. The molecule has 0 fully saturated rings. The first kappa shape index (κ1) is 49.1. The number of anilines is 9. The number of nitrogens with zero attached hydrogens (tertiary/aromatic N) is 6. The van der Waals surface area contributed by atoms with Gasteiger partial charge >= 0.3 is 0 Å². The zero-order valence-electron chi connectivity index (χ0n) is 45.4. The van der Waals surface area contributed by atoms with E-state index in [4.69, 9.17) is 4.98 Å². The van der Waals surface area contributed by atoms with Crippen LogP contribution in [0.4, 0.5) is 51.4 Å². The van der Waals surface area contributed by atoms with E-state index in [-0.39, 0.29) is 0 Å². The van der Waals surface area contributed by atoms with Crippen molar-refractivity contribution in [2.24, 2.45) is 0 Å². The van der Waals surface area contributed by atoms with E-state index < -0.39 is 10.8 Å². The summed E-state index contributed by atoms with van der Waals surface area (Å²) < 4.78 is 0. The molecular formula is C77H54N6. The van der Waals surface area contributed by atoms with Gasteiger partial charge in [-0.3, -0.25) is 19.8 Å². The molecule has 0 bridgehead atoms. The number of aromatic nitrogens is 3. The third-order valence-electron chi connectivity index (χ3n) is 16.8. The van der Waals surface area contributed by atoms with Crippen molar-refractivity contribution in [1.29, 1.82) is 0 Å². The summed E-state index contributed by atoms with van der Waals surface area (Å²) in [5, 5.41) is 0. The van der Waals surface area contributed by atoms with Gasteiger partial charge in [0.25, 0.3) is 0 Å². The Bertz CT molecular complexity index is 3970. The van der Waals surface area contributed by atoms with E-state index in [9.17, 15) is 0 Å². The first-order valence-electron chi connectivity index (χ1n) is 28.2. The van der Waals surface area contributed by atoms with E-state index in [0.29, 0.717) is 0 Å². The van der Waals surface area contributed by atoms with Crippen LogP contribution in [0.1, 0.15) is 44.5 Å². The highest BCUT2D eigenvalue weighted by molar-refractivity contribution is 5.94. The van der Waals surface area contributed by atoms with E-state index in [1.165, 1.54) is 22.3 Å². The fourth-order valence-corrected chi connectivity index (χ4v) is 13.3. The van der Waals surface area contributed by atoms with Gasteiger partial charge in [0.05, 0.1) is 39.3 Å². The molecule has 0 unspecified atom stereocenters. The Hall–Kier alpha value is -11.0. The summed E-state index contributed by atoms with van der Waals surface area (Å²) >= 11 is 0. The first-order chi connectivity index (χ1) is 41.2. The zero-order valence-corrected chi connectivity index (χ0v) is 45.4. The maximum atomic E-state index is 6.05. The van der Waals surface area contributed by atoms with E-state index in [0.717, 1.165) is 96.0 Å². The van der Waals surface area contributed by atoms with Crippen molar-refractivity contribution in [3.63, 3.8) is 0 Å². The van der Waals surface area contributed by atoms with Crippen molar-refractivity contribution in [1.82, 2.24) is 15.0 Å². The molecule has 0 spiro atoms. The van der Waals surface area contributed by atoms with Crippen LogP contribution in [-0.2, 0) is 10.8 Å². The third kappa shape index (κ3) is 8.06. The molecule has 0 radical (unpaired) electrons. The topological polar surface area (TPSA) is 48.4 Å². The third-order valence-corrected chi connectivity index (χ3v) is 16.8. The summed E-state index contributed by atoms with van der Waals surface area (Å²) in [6.45, 7) is 0. The van der Waals surface area contributed by atoms with Crippen LogP contribution in [-0.4, -0.2) is 15.0 Å². The first-order valence-corrected chi connectivity index (χ1v) is 28.2. The molecule has 6 nitrogen and oxygen atoms in total. The van der Waals surface area contributed by atoms with Gasteiger partial charge in [0.15, 0.2) is 0 Å². The van der Waals surface area contributed by atoms with Crippen LogP contribution in [0.5, 0.6) is 0 Å². The van der Waals surface area contributed by atoms with Gasteiger partial charge in [-0.1, -0.05) is 218 Å². The van der Waals surface area contributed by atoms with Crippen LogP contribution in [0.2, 0.25) is 0 Å². The molecular weight excluding hydrogens is 1010 g/mol. The molecule has 2 aliphatic heterocycles. The van der Waals surface area contributed by atoms with Crippen molar-refractivity contribution < 1.29 is 0 Å². The molecule has 83 heavy (non-hydrogen) atoms. The summed E-state index contributed by atoms with van der Waals surface area (Å²) in [6.07, 6.45) is 7.39. The molecule has 0 atom stereocenters. The lowest BCUT2D eigenvalue weighted by molar-refractivity contribution is 0.728. The van der Waals surface area contributed by atoms with Crippen molar-refractivity contribution in [3.8, 4) is 22.3 Å². The lowest BCUT2D eigenvalue weighted by Crippen LogP contribution is -2.38. The largest absolute Gasteiger partial charge is 0.310 e. The number of para-hydroxylation sites is 4. The average molecular weight is 1060 g/mol. The van der Waals surface area contributed by atoms with Gasteiger partial charge in [-0.05, 0) is 140 Å². The molecule has 3 aromatic heterocycles. The van der Waals surface area contributed by atoms with Crippen LogP contribution in [0.3, 0.4) is 0 Å². The van der Waals surface area contributed by atoms with Gasteiger partial charge in [0, 0.05) is 48.3 Å². The molecule has 6 heteroatoms. The predicted octanol–water partition coefficient (Wildman–Crippen LogP) is 19.0. The summed E-state index contributed by atoms with van der Waals surface area (Å²) in [5.41, 5.74) is 19.5. The number of fused-ring (bicyclic) bond motifs is 4. The van der Waals surface area contributed by atoms with Crippen molar-refractivity contribution in [2.45, 2.75) is 10.8 Å². The second-order valence-electron chi connectivity index (χ2n) is 21.1. The van der Waals surface area contributed by atoms with Crippen molar-refractivity contribution in [3.05, 3.63) is 373 Å². The monoisotopic (exact) mass is 1060 g/mol. The molecule has 2 aliphatic rings. The van der Waals surface area contributed by atoms with Crippen molar-refractivity contribution >= 4 is 51.4 Å². The van der Waals surface area contributed by atoms with Gasteiger partial charge in [-0.2, -0.15) is 0 Å². The molecule has 13 aromatic rings. The average Bonchev–Trinajstić information content (AvgIpc) is 2.87. The molecule has 0 amide bonds. The summed E-state index contributed by atoms with van der Waals surface area (Å²) in [6, 6.07) is 110. The van der Waals surface area contributed by atoms with Crippen LogP contribution in [0, 0.1) is 0 Å². The van der Waals surface area contributed by atoms with Crippen molar-refractivity contribution in [2.75, 3.05) is 14.7 Å². The Labute approximate surface area is 484 Å². The number of pyridine rings is 3. The second kappa shape index (κ2) is 20.6. The van der Waals surface area contributed by atoms with Gasteiger partial charge in [0.1, 0.15) is 11.6 Å². The fourth-order valence-electron chi connectivity index (χ4n) is 13.3. The second-order valence-corrected chi connectivity index (χ2v) is 21.1. The maximum absolute atomic E-state index is 6.05. The highest BCUT2D eigenvalue weighted by Crippen LogP contribution is 2.60. The minimum atomic E-state index is -0.672. The van der Waals surface area contributed by atoms with E-state index in [1.54, 1.807) is 0 Å². The Kier molecular flexibility index (Phi) is 12.2. The molecule has 0 saturated carbocycles. The molecule has 5 heterocycles. The lowest BCUT2D eigenvalue weighted by Gasteiger charge is -2.47. The van der Waals surface area contributed by atoms with Crippen LogP contribution >= 0.6 is 0 Å². The molecule has 0 aliphatic carbocycles. The van der Waals surface area contributed by atoms with Crippen LogP contribution in [0.15, 0.2) is 328 Å². The van der Waals surface area contributed by atoms with Gasteiger partial charge < -0.3 is 4.90 Å². The van der Waals surface area contributed by atoms with E-state index in [2.05, 4.69) is 328 Å². The standard InChI is InChI=1S/C77H54N6/c1-5-21-59(22-6-1)76(60-23-7-2-8-24-60)66-29-13-17-33-70(66)82(71-34-18-14-30-67(71)76)74-53-65(81(63-41-37-55(38-42-63)57-45-49-78-50-46-57)64-43-39-56(40-44-64)58-47-51-79-52-48-58)54-75(80-74)83-72-35-19-15-31-68(72)77(61-25-9-3-10-26-61,62-27-11-4-12-28-62)69-32-16-20-36-73(69)83/h1-54H. The summed E-state index contributed by atoms with van der Waals surface area (Å²) in [7, 11) is 0. The van der Waals surface area contributed by atoms with Crippen LogP contribution < -0.4 is 14.7 Å². The fraction of sp³-hybridized carbons (Fsp3) is 0.0260. The smallest absolute Gasteiger partial charge is 0.142 e. The van der Waals surface area contributed by atoms with Crippen LogP contribution in [0.25, 0.3) is 22.3 Å². The van der Waals surface area contributed by atoms with Gasteiger partial charge in [0.2, 0.25) is 0 Å². The minimum absolute atomic E-state index is 0.672. The van der Waals surface area contributed by atoms with Gasteiger partial charge in [-0.15, -0.1) is 0 Å². The Morgan fingerprint density at radius 1 is 0.253 bits per heavy atom. The molecule has 0 saturated heterocycles. The highest BCUT2D eigenvalue weighted by Gasteiger charge is 2.49. The Morgan fingerprint density at radius 3 is 0.819 bits per heavy atom.